The molecule has 4 aromatic heterocycles. The van der Waals surface area contributed by atoms with Gasteiger partial charge in [0, 0.05) is 36.3 Å². The molecule has 4 aromatic rings. The highest BCUT2D eigenvalue weighted by molar-refractivity contribution is 7.18. The van der Waals surface area contributed by atoms with Gasteiger partial charge in [0.25, 0.3) is 0 Å². The molecule has 8 nitrogen and oxygen atoms in total. The summed E-state index contributed by atoms with van der Waals surface area (Å²) in [5.74, 6) is 2.64. The molecular formula is C19H21N7OS. The molecule has 0 aliphatic heterocycles. The maximum Gasteiger partial charge on any atom is 0.246 e. The third-order valence-electron chi connectivity index (χ3n) is 4.55. The highest BCUT2D eigenvalue weighted by Crippen LogP contribution is 2.35. The van der Waals surface area contributed by atoms with Crippen molar-refractivity contribution >= 4 is 27.4 Å². The van der Waals surface area contributed by atoms with Crippen LogP contribution in [0.15, 0.2) is 29.0 Å². The van der Waals surface area contributed by atoms with E-state index in [-0.39, 0.29) is 0 Å². The van der Waals surface area contributed by atoms with Crippen LogP contribution in [0.4, 0.5) is 5.82 Å². The predicted octanol–water partition coefficient (Wildman–Crippen LogP) is 2.89. The van der Waals surface area contributed by atoms with Crippen molar-refractivity contribution in [3.63, 3.8) is 0 Å². The van der Waals surface area contributed by atoms with Gasteiger partial charge in [-0.25, -0.2) is 9.97 Å². The summed E-state index contributed by atoms with van der Waals surface area (Å²) in [6.45, 7) is 5.16. The van der Waals surface area contributed by atoms with Crippen LogP contribution in [0.1, 0.15) is 22.2 Å². The quantitative estimate of drug-likeness (QED) is 0.531. The van der Waals surface area contributed by atoms with Gasteiger partial charge in [-0.3, -0.25) is 4.98 Å². The van der Waals surface area contributed by atoms with E-state index in [1.807, 2.05) is 24.1 Å². The van der Waals surface area contributed by atoms with E-state index in [4.69, 9.17) is 15.2 Å². The lowest BCUT2D eigenvalue weighted by molar-refractivity contribution is 0.378. The molecule has 4 heterocycles. The molecule has 0 aromatic carbocycles. The summed E-state index contributed by atoms with van der Waals surface area (Å²) < 4.78 is 5.45. The van der Waals surface area contributed by atoms with E-state index in [0.29, 0.717) is 31.2 Å². The fraction of sp³-hybridized carbons (Fsp3) is 0.316. The monoisotopic (exact) mass is 395 g/mol. The molecule has 28 heavy (non-hydrogen) atoms. The zero-order valence-electron chi connectivity index (χ0n) is 16.0. The molecule has 0 spiro atoms. The van der Waals surface area contributed by atoms with Gasteiger partial charge in [0.15, 0.2) is 0 Å². The number of aromatic nitrogens is 5. The van der Waals surface area contributed by atoms with Gasteiger partial charge in [0.2, 0.25) is 11.7 Å². The van der Waals surface area contributed by atoms with Crippen molar-refractivity contribution in [2.75, 3.05) is 18.5 Å². The van der Waals surface area contributed by atoms with Crippen LogP contribution in [0.3, 0.4) is 0 Å². The van der Waals surface area contributed by atoms with Crippen LogP contribution in [0.2, 0.25) is 0 Å². The molecule has 0 bridgehead atoms. The fourth-order valence-corrected chi connectivity index (χ4v) is 4.04. The molecule has 0 saturated carbocycles. The molecule has 0 saturated heterocycles. The summed E-state index contributed by atoms with van der Waals surface area (Å²) in [5.41, 5.74) is 7.73. The van der Waals surface area contributed by atoms with E-state index in [0.717, 1.165) is 27.4 Å². The zero-order chi connectivity index (χ0) is 19.7. The number of anilines is 1. The average Bonchev–Trinajstić information content (AvgIpc) is 3.27. The number of nitrogens with two attached hydrogens (primary N) is 1. The second kappa shape index (κ2) is 7.61. The van der Waals surface area contributed by atoms with Crippen molar-refractivity contribution < 1.29 is 4.52 Å². The van der Waals surface area contributed by atoms with Crippen LogP contribution < -0.4 is 10.6 Å². The summed E-state index contributed by atoms with van der Waals surface area (Å²) in [6.07, 6.45) is 4.06. The minimum Gasteiger partial charge on any atom is -0.350 e. The maximum absolute atomic E-state index is 5.72. The predicted molar refractivity (Wildman–Crippen MR) is 109 cm³/mol. The van der Waals surface area contributed by atoms with Crippen LogP contribution in [-0.2, 0) is 13.0 Å². The molecule has 0 atom stereocenters. The topological polar surface area (TPSA) is 107 Å². The first-order valence-corrected chi connectivity index (χ1v) is 9.79. The Labute approximate surface area is 166 Å². The number of hydrogen-bond acceptors (Lipinski definition) is 9. The Hall–Kier alpha value is -2.91. The molecule has 0 amide bonds. The molecule has 144 valence electrons. The minimum atomic E-state index is 0.440. The Morgan fingerprint density at radius 2 is 2.07 bits per heavy atom. The normalized spacial score (nSPS) is 11.3. The van der Waals surface area contributed by atoms with Gasteiger partial charge in [-0.2, -0.15) is 4.98 Å². The Morgan fingerprint density at radius 3 is 2.82 bits per heavy atom. The van der Waals surface area contributed by atoms with Gasteiger partial charge in [-0.15, -0.1) is 11.3 Å². The molecule has 2 N–H and O–H groups in total. The molecule has 0 unspecified atom stereocenters. The molecule has 0 aliphatic rings. The third kappa shape index (κ3) is 3.46. The van der Waals surface area contributed by atoms with Gasteiger partial charge < -0.3 is 15.2 Å². The van der Waals surface area contributed by atoms with Crippen LogP contribution in [0.5, 0.6) is 0 Å². The van der Waals surface area contributed by atoms with Crippen molar-refractivity contribution in [2.45, 2.75) is 26.8 Å². The van der Waals surface area contributed by atoms with Crippen LogP contribution in [0.25, 0.3) is 21.6 Å². The van der Waals surface area contributed by atoms with Crippen molar-refractivity contribution in [3.8, 4) is 11.4 Å². The first-order chi connectivity index (χ1) is 13.6. The summed E-state index contributed by atoms with van der Waals surface area (Å²) in [6, 6.07) is 3.74. The van der Waals surface area contributed by atoms with Crippen molar-refractivity contribution in [2.24, 2.45) is 5.73 Å². The summed E-state index contributed by atoms with van der Waals surface area (Å²) >= 11 is 1.68. The first kappa shape index (κ1) is 18.5. The number of rotatable bonds is 6. The minimum absolute atomic E-state index is 0.440. The number of thiophene rings is 1. The Balaban J connectivity index is 1.67. The van der Waals surface area contributed by atoms with Gasteiger partial charge >= 0.3 is 0 Å². The van der Waals surface area contributed by atoms with Gasteiger partial charge in [-0.05, 0) is 38.1 Å². The van der Waals surface area contributed by atoms with Gasteiger partial charge in [0.05, 0.1) is 11.9 Å². The van der Waals surface area contributed by atoms with Crippen LogP contribution >= 0.6 is 11.3 Å². The summed E-state index contributed by atoms with van der Waals surface area (Å²) in [5, 5.41) is 5.13. The molecule has 4 rings (SSSR count). The van der Waals surface area contributed by atoms with E-state index in [9.17, 15) is 0 Å². The Kier molecular flexibility index (Phi) is 5.01. The van der Waals surface area contributed by atoms with Crippen LogP contribution in [-0.4, -0.2) is 38.7 Å². The van der Waals surface area contributed by atoms with E-state index in [1.54, 1.807) is 23.7 Å². The Bertz CT molecular complexity index is 1110. The second-order valence-corrected chi connectivity index (χ2v) is 7.78. The lowest BCUT2D eigenvalue weighted by Gasteiger charge is -2.18. The summed E-state index contributed by atoms with van der Waals surface area (Å²) in [4.78, 5) is 22.3. The number of pyridine rings is 1. The van der Waals surface area contributed by atoms with Gasteiger partial charge in [0.1, 0.15) is 16.5 Å². The van der Waals surface area contributed by atoms with E-state index >= 15 is 0 Å². The molecule has 0 fully saturated rings. The lowest BCUT2D eigenvalue weighted by Crippen LogP contribution is -2.20. The maximum atomic E-state index is 5.72. The summed E-state index contributed by atoms with van der Waals surface area (Å²) in [7, 11) is 1.97. The molecule has 0 radical (unpaired) electrons. The average molecular weight is 395 g/mol. The Morgan fingerprint density at radius 1 is 1.21 bits per heavy atom. The zero-order valence-corrected chi connectivity index (χ0v) is 16.8. The van der Waals surface area contributed by atoms with Crippen LogP contribution in [0, 0.1) is 13.8 Å². The van der Waals surface area contributed by atoms with Crippen molar-refractivity contribution in [3.05, 3.63) is 46.7 Å². The SMILES string of the molecule is Cc1sc2nc(CCN)nc(N(C)Cc3nc(-c4cccnc4)no3)c2c1C. The van der Waals surface area contributed by atoms with Crippen molar-refractivity contribution in [1.82, 2.24) is 25.1 Å². The lowest BCUT2D eigenvalue weighted by atomic mass is 10.2. The standard InChI is InChI=1S/C19H21N7OS/c1-11-12(2)28-19-16(11)18(22-14(23-19)6-7-20)26(3)10-15-24-17(25-27-15)13-5-4-8-21-9-13/h4-5,8-9H,6-7,10,20H2,1-3H3. The largest absolute Gasteiger partial charge is 0.350 e. The molecule has 9 heteroatoms. The first-order valence-electron chi connectivity index (χ1n) is 8.97. The highest BCUT2D eigenvalue weighted by atomic mass is 32.1. The van der Waals surface area contributed by atoms with Crippen molar-refractivity contribution in [1.29, 1.82) is 0 Å². The fourth-order valence-electron chi connectivity index (χ4n) is 3.00. The number of nitrogens with zero attached hydrogens (tertiary/aromatic N) is 6. The van der Waals surface area contributed by atoms with E-state index in [1.165, 1.54) is 10.4 Å². The number of fused-ring (bicyclic) bond motifs is 1. The third-order valence-corrected chi connectivity index (χ3v) is 5.65. The van der Waals surface area contributed by atoms with E-state index < -0.39 is 0 Å². The second-order valence-electron chi connectivity index (χ2n) is 6.58. The van der Waals surface area contributed by atoms with E-state index in [2.05, 4.69) is 34.0 Å². The number of aryl methyl sites for hydroxylation is 2. The number of hydrogen-bond donors (Lipinski definition) is 1. The highest BCUT2D eigenvalue weighted by Gasteiger charge is 2.19. The smallest absolute Gasteiger partial charge is 0.246 e. The molecular weight excluding hydrogens is 374 g/mol. The van der Waals surface area contributed by atoms with Gasteiger partial charge in [-0.1, -0.05) is 5.16 Å². The molecule has 0 aliphatic carbocycles.